The summed E-state index contributed by atoms with van der Waals surface area (Å²) in [6.07, 6.45) is 1.54. The van der Waals surface area contributed by atoms with Crippen molar-refractivity contribution in [3.63, 3.8) is 0 Å². The van der Waals surface area contributed by atoms with Crippen molar-refractivity contribution in [1.82, 2.24) is 15.0 Å². The summed E-state index contributed by atoms with van der Waals surface area (Å²) >= 11 is 6.16. The van der Waals surface area contributed by atoms with Crippen molar-refractivity contribution < 1.29 is 14.1 Å². The van der Waals surface area contributed by atoms with Gasteiger partial charge < -0.3 is 14.6 Å². The third-order valence-corrected chi connectivity index (χ3v) is 6.51. The summed E-state index contributed by atoms with van der Waals surface area (Å²) in [6, 6.07) is 13.5. The number of amides is 1. The second-order valence-corrected chi connectivity index (χ2v) is 10.1. The first kappa shape index (κ1) is 24.2. The van der Waals surface area contributed by atoms with Gasteiger partial charge in [0.25, 0.3) is 0 Å². The molecule has 2 heterocycles. The average molecular weight is 483 g/mol. The second kappa shape index (κ2) is 10.2. The Bertz CT molecular complexity index is 1130. The highest BCUT2D eigenvalue weighted by molar-refractivity contribution is 6.32. The Morgan fingerprint density at radius 1 is 1.18 bits per heavy atom. The van der Waals surface area contributed by atoms with Crippen LogP contribution in [0.4, 0.5) is 5.69 Å². The first-order valence-electron chi connectivity index (χ1n) is 11.5. The summed E-state index contributed by atoms with van der Waals surface area (Å²) in [7, 11) is 1.56. The molecule has 2 aromatic carbocycles. The number of hydrogen-bond acceptors (Lipinski definition) is 6. The van der Waals surface area contributed by atoms with Crippen molar-refractivity contribution in [1.29, 1.82) is 0 Å². The summed E-state index contributed by atoms with van der Waals surface area (Å²) in [5.74, 6) is 1.74. The van der Waals surface area contributed by atoms with Crippen molar-refractivity contribution in [3.05, 3.63) is 58.9 Å². The number of piperidine rings is 1. The normalized spacial score (nSPS) is 15.3. The van der Waals surface area contributed by atoms with Gasteiger partial charge in [-0.1, -0.05) is 61.8 Å². The molecule has 0 unspecified atom stereocenters. The molecule has 1 N–H and O–H groups in total. The molecule has 0 bridgehead atoms. The lowest BCUT2D eigenvalue weighted by Gasteiger charge is -2.30. The van der Waals surface area contributed by atoms with Crippen LogP contribution in [0.25, 0.3) is 11.4 Å². The molecular formula is C26H31ClN4O3. The average Bonchev–Trinajstić information content (AvgIpc) is 3.27. The largest absolute Gasteiger partial charge is 0.495 e. The zero-order valence-electron chi connectivity index (χ0n) is 20.1. The van der Waals surface area contributed by atoms with Crippen LogP contribution >= 0.6 is 11.6 Å². The SMILES string of the molecule is COc1ccc(NC(=O)C2CCN(Cc3nc(-c4ccc(C(C)(C)C)cc4)no3)CC2)cc1Cl. The first-order chi connectivity index (χ1) is 16.2. The minimum absolute atomic E-state index is 0.0136. The lowest BCUT2D eigenvalue weighted by Crippen LogP contribution is -2.37. The Balaban J connectivity index is 1.28. The number of hydrogen-bond donors (Lipinski definition) is 1. The van der Waals surface area contributed by atoms with Gasteiger partial charge in [-0.05, 0) is 55.1 Å². The van der Waals surface area contributed by atoms with Gasteiger partial charge in [0.2, 0.25) is 17.6 Å². The number of nitrogens with one attached hydrogen (secondary N) is 1. The maximum absolute atomic E-state index is 12.7. The monoisotopic (exact) mass is 482 g/mol. The molecule has 4 rings (SSSR count). The van der Waals surface area contributed by atoms with Gasteiger partial charge in [0.15, 0.2) is 0 Å². The van der Waals surface area contributed by atoms with Gasteiger partial charge in [-0.3, -0.25) is 9.69 Å². The van der Waals surface area contributed by atoms with Crippen LogP contribution in [0, 0.1) is 5.92 Å². The van der Waals surface area contributed by atoms with Gasteiger partial charge in [0.05, 0.1) is 18.7 Å². The van der Waals surface area contributed by atoms with Crippen molar-refractivity contribution >= 4 is 23.2 Å². The number of ether oxygens (including phenoxy) is 1. The number of rotatable bonds is 6. The highest BCUT2D eigenvalue weighted by Gasteiger charge is 2.26. The molecule has 8 heteroatoms. The maximum Gasteiger partial charge on any atom is 0.241 e. The maximum atomic E-state index is 12.7. The Kier molecular flexibility index (Phi) is 7.24. The van der Waals surface area contributed by atoms with Crippen LogP contribution in [0.15, 0.2) is 47.0 Å². The second-order valence-electron chi connectivity index (χ2n) is 9.73. The van der Waals surface area contributed by atoms with Crippen molar-refractivity contribution in [3.8, 4) is 17.1 Å². The molecule has 0 spiro atoms. The van der Waals surface area contributed by atoms with Crippen LogP contribution in [0.1, 0.15) is 45.1 Å². The van der Waals surface area contributed by atoms with Crippen LogP contribution in [-0.2, 0) is 16.8 Å². The summed E-state index contributed by atoms with van der Waals surface area (Å²) in [5, 5.41) is 7.59. The predicted molar refractivity (Wildman–Crippen MR) is 133 cm³/mol. The number of carbonyl (C=O) groups is 1. The molecule has 1 aliphatic rings. The molecule has 180 valence electrons. The molecule has 1 fully saturated rings. The van der Waals surface area contributed by atoms with Crippen LogP contribution < -0.4 is 10.1 Å². The minimum atomic E-state index is -0.0447. The molecule has 34 heavy (non-hydrogen) atoms. The standard InChI is InChI=1S/C26H31ClN4O3/c1-26(2,3)19-7-5-17(6-8-19)24-29-23(34-30-24)16-31-13-11-18(12-14-31)25(32)28-20-9-10-22(33-4)21(27)15-20/h5-10,15,18H,11-14,16H2,1-4H3,(H,28,32). The quantitative estimate of drug-likeness (QED) is 0.496. The van der Waals surface area contributed by atoms with E-state index in [9.17, 15) is 4.79 Å². The fourth-order valence-corrected chi connectivity index (χ4v) is 4.35. The number of methoxy groups -OCH3 is 1. The van der Waals surface area contributed by atoms with Gasteiger partial charge in [-0.15, -0.1) is 0 Å². The van der Waals surface area contributed by atoms with Crippen molar-refractivity contribution in [2.75, 3.05) is 25.5 Å². The molecule has 7 nitrogen and oxygen atoms in total. The number of carbonyl (C=O) groups excluding carboxylic acids is 1. The van der Waals surface area contributed by atoms with E-state index >= 15 is 0 Å². The molecule has 0 saturated carbocycles. The molecule has 0 radical (unpaired) electrons. The summed E-state index contributed by atoms with van der Waals surface area (Å²) < 4.78 is 10.7. The van der Waals surface area contributed by atoms with Crippen LogP contribution in [0.3, 0.4) is 0 Å². The third kappa shape index (κ3) is 5.77. The van der Waals surface area contributed by atoms with Crippen molar-refractivity contribution in [2.45, 2.75) is 45.6 Å². The van der Waals surface area contributed by atoms with Crippen LogP contribution in [0.2, 0.25) is 5.02 Å². The molecule has 3 aromatic rings. The molecule has 1 amide bonds. The van der Waals surface area contributed by atoms with Gasteiger partial charge in [-0.25, -0.2) is 0 Å². The highest BCUT2D eigenvalue weighted by Crippen LogP contribution is 2.29. The van der Waals surface area contributed by atoms with E-state index < -0.39 is 0 Å². The number of likely N-dealkylation sites (tertiary alicyclic amines) is 1. The Labute approximate surface area is 205 Å². The van der Waals surface area contributed by atoms with Gasteiger partial charge >= 0.3 is 0 Å². The summed E-state index contributed by atoms with van der Waals surface area (Å²) in [4.78, 5) is 19.5. The Morgan fingerprint density at radius 2 is 1.88 bits per heavy atom. The van der Waals surface area contributed by atoms with Gasteiger partial charge in [0.1, 0.15) is 5.75 Å². The number of benzene rings is 2. The predicted octanol–water partition coefficient (Wildman–Crippen LogP) is 5.55. The van der Waals surface area contributed by atoms with E-state index in [1.54, 1.807) is 25.3 Å². The Hall–Kier alpha value is -2.90. The number of anilines is 1. The van der Waals surface area contributed by atoms with E-state index in [2.05, 4.69) is 53.3 Å². The molecular weight excluding hydrogens is 452 g/mol. The smallest absolute Gasteiger partial charge is 0.241 e. The van der Waals surface area contributed by atoms with E-state index in [4.69, 9.17) is 20.9 Å². The van der Waals surface area contributed by atoms with E-state index in [1.165, 1.54) is 5.56 Å². The van der Waals surface area contributed by atoms with E-state index in [1.807, 2.05) is 12.1 Å². The van der Waals surface area contributed by atoms with Gasteiger partial charge in [-0.2, -0.15) is 4.98 Å². The van der Waals surface area contributed by atoms with Crippen LogP contribution in [-0.4, -0.2) is 41.1 Å². The fraction of sp³-hybridized carbons (Fsp3) is 0.423. The summed E-state index contributed by atoms with van der Waals surface area (Å²) in [5.41, 5.74) is 2.98. The molecule has 1 aromatic heterocycles. The van der Waals surface area contributed by atoms with Crippen LogP contribution in [0.5, 0.6) is 5.75 Å². The zero-order valence-corrected chi connectivity index (χ0v) is 20.9. The van der Waals surface area contributed by atoms with Crippen molar-refractivity contribution in [2.24, 2.45) is 5.92 Å². The third-order valence-electron chi connectivity index (χ3n) is 6.21. The van der Waals surface area contributed by atoms with Gasteiger partial charge in [0, 0.05) is 17.2 Å². The minimum Gasteiger partial charge on any atom is -0.495 e. The van der Waals surface area contributed by atoms with E-state index in [0.717, 1.165) is 31.5 Å². The number of nitrogens with zero attached hydrogens (tertiary/aromatic N) is 3. The first-order valence-corrected chi connectivity index (χ1v) is 11.9. The fourth-order valence-electron chi connectivity index (χ4n) is 4.09. The van der Waals surface area contributed by atoms with E-state index in [-0.39, 0.29) is 17.2 Å². The molecule has 1 saturated heterocycles. The van der Waals surface area contributed by atoms with E-state index in [0.29, 0.717) is 34.7 Å². The lowest BCUT2D eigenvalue weighted by atomic mass is 9.87. The molecule has 0 atom stereocenters. The molecule has 1 aliphatic heterocycles. The number of aromatic nitrogens is 2. The lowest BCUT2D eigenvalue weighted by molar-refractivity contribution is -0.121. The topological polar surface area (TPSA) is 80.5 Å². The molecule has 0 aliphatic carbocycles. The summed E-state index contributed by atoms with van der Waals surface area (Å²) in [6.45, 7) is 8.73. The Morgan fingerprint density at radius 3 is 2.50 bits per heavy atom. The zero-order chi connectivity index (χ0) is 24.3. The number of halogens is 1. The highest BCUT2D eigenvalue weighted by atomic mass is 35.5.